The molecule has 3 heteroatoms. The predicted octanol–water partition coefficient (Wildman–Crippen LogP) is 13.3. The van der Waals surface area contributed by atoms with Crippen molar-refractivity contribution in [3.05, 3.63) is 48.6 Å². The summed E-state index contributed by atoms with van der Waals surface area (Å²) in [5.41, 5.74) is 0. The van der Waals surface area contributed by atoms with E-state index in [1.54, 1.807) is 0 Å². The Morgan fingerprint density at radius 1 is 0.511 bits per heavy atom. The number of esters is 1. The summed E-state index contributed by atoms with van der Waals surface area (Å²) >= 11 is 0. The maximum Gasteiger partial charge on any atom is 0.306 e. The minimum absolute atomic E-state index is 0.00291. The molecular formula is C42H77NO2. The number of rotatable bonds is 35. The number of hydrogen-bond acceptors (Lipinski definition) is 3. The van der Waals surface area contributed by atoms with Crippen molar-refractivity contribution in [2.45, 2.75) is 200 Å². The third-order valence-corrected chi connectivity index (χ3v) is 8.56. The quantitative estimate of drug-likeness (QED) is 0.0431. The lowest BCUT2D eigenvalue weighted by Crippen LogP contribution is -2.19. The van der Waals surface area contributed by atoms with Crippen LogP contribution in [0.2, 0.25) is 0 Å². The number of unbranched alkanes of at least 4 members (excludes halogenated alkanes) is 18. The second kappa shape index (κ2) is 38.6. The molecule has 262 valence electrons. The van der Waals surface area contributed by atoms with Gasteiger partial charge in [-0.2, -0.15) is 0 Å². The van der Waals surface area contributed by atoms with Crippen LogP contribution < -0.4 is 5.32 Å². The van der Waals surface area contributed by atoms with Crippen molar-refractivity contribution in [3.63, 3.8) is 0 Å². The number of carbonyl (C=O) groups is 1. The summed E-state index contributed by atoms with van der Waals surface area (Å²) in [5, 5.41) is 3.13. The van der Waals surface area contributed by atoms with Gasteiger partial charge in [0, 0.05) is 6.42 Å². The third-order valence-electron chi connectivity index (χ3n) is 8.56. The van der Waals surface area contributed by atoms with Crippen molar-refractivity contribution in [2.24, 2.45) is 0 Å². The zero-order valence-electron chi connectivity index (χ0n) is 30.5. The van der Waals surface area contributed by atoms with Crippen LogP contribution in [0.5, 0.6) is 0 Å². The first-order valence-electron chi connectivity index (χ1n) is 19.7. The largest absolute Gasteiger partial charge is 0.462 e. The smallest absolute Gasteiger partial charge is 0.306 e. The second-order valence-corrected chi connectivity index (χ2v) is 13.1. The molecule has 1 atom stereocenters. The number of hydrogen-bond donors (Lipinski definition) is 1. The zero-order chi connectivity index (χ0) is 32.7. The highest BCUT2D eigenvalue weighted by atomic mass is 16.5. The molecule has 0 radical (unpaired) electrons. The van der Waals surface area contributed by atoms with Gasteiger partial charge in [0.25, 0.3) is 0 Å². The Morgan fingerprint density at radius 3 is 1.36 bits per heavy atom. The zero-order valence-corrected chi connectivity index (χ0v) is 30.5. The van der Waals surface area contributed by atoms with Gasteiger partial charge in [-0.05, 0) is 103 Å². The van der Waals surface area contributed by atoms with Crippen LogP contribution in [0.1, 0.15) is 194 Å². The number of nitrogens with one attached hydrogen (secondary N) is 1. The molecule has 0 aliphatic carbocycles. The van der Waals surface area contributed by atoms with Crippen LogP contribution in [-0.2, 0) is 9.53 Å². The Labute approximate surface area is 282 Å². The van der Waals surface area contributed by atoms with Crippen LogP contribution in [-0.4, -0.2) is 25.7 Å². The van der Waals surface area contributed by atoms with E-state index in [1.165, 1.54) is 141 Å². The standard InChI is InChI=1S/C42H77NO2/c1-4-6-8-10-12-14-16-18-20-22-24-26-28-30-32-34-37-41(45-42(44)39-36-40-43-3)38-35-33-31-29-27-25-23-21-19-17-15-13-11-9-7-5-2/h10,12-13,15-16,18-19,21,41,43H,4-9,11,14,17,20,22-40H2,1-3H3/b12-10-,15-13-,18-16-,21-19-. The minimum atomic E-state index is -0.00291. The fourth-order valence-corrected chi connectivity index (χ4v) is 5.62. The third kappa shape index (κ3) is 36.7. The van der Waals surface area contributed by atoms with Gasteiger partial charge in [0.05, 0.1) is 0 Å². The summed E-state index contributed by atoms with van der Waals surface area (Å²) in [5.74, 6) is -0.00291. The lowest BCUT2D eigenvalue weighted by atomic mass is 10.0. The van der Waals surface area contributed by atoms with Gasteiger partial charge in [-0.25, -0.2) is 0 Å². The van der Waals surface area contributed by atoms with Gasteiger partial charge in [-0.15, -0.1) is 0 Å². The second-order valence-electron chi connectivity index (χ2n) is 13.1. The van der Waals surface area contributed by atoms with E-state index in [0.29, 0.717) is 6.42 Å². The summed E-state index contributed by atoms with van der Waals surface area (Å²) < 4.78 is 5.96. The molecule has 45 heavy (non-hydrogen) atoms. The molecule has 0 aromatic rings. The van der Waals surface area contributed by atoms with Gasteiger partial charge in [-0.3, -0.25) is 4.79 Å². The van der Waals surface area contributed by atoms with E-state index in [0.717, 1.165) is 38.6 Å². The molecular weight excluding hydrogens is 550 g/mol. The Bertz CT molecular complexity index is 707. The van der Waals surface area contributed by atoms with E-state index in [-0.39, 0.29) is 12.1 Å². The number of carbonyl (C=O) groups excluding carboxylic acids is 1. The highest BCUT2D eigenvalue weighted by molar-refractivity contribution is 5.69. The predicted molar refractivity (Wildman–Crippen MR) is 201 cm³/mol. The first-order valence-corrected chi connectivity index (χ1v) is 19.7. The first kappa shape index (κ1) is 43.4. The highest BCUT2D eigenvalue weighted by Crippen LogP contribution is 2.18. The maximum absolute atomic E-state index is 12.4. The monoisotopic (exact) mass is 628 g/mol. The molecule has 0 aliphatic heterocycles. The Hall–Kier alpha value is -1.61. The van der Waals surface area contributed by atoms with Crippen molar-refractivity contribution in [2.75, 3.05) is 13.6 Å². The van der Waals surface area contributed by atoms with E-state index in [1.807, 2.05) is 7.05 Å². The lowest BCUT2D eigenvalue weighted by Gasteiger charge is -2.18. The van der Waals surface area contributed by atoms with Gasteiger partial charge >= 0.3 is 5.97 Å². The molecule has 0 amide bonds. The van der Waals surface area contributed by atoms with Crippen molar-refractivity contribution in [3.8, 4) is 0 Å². The topological polar surface area (TPSA) is 38.3 Å². The molecule has 0 bridgehead atoms. The molecule has 0 saturated carbocycles. The van der Waals surface area contributed by atoms with Crippen LogP contribution >= 0.6 is 0 Å². The number of ether oxygens (including phenoxy) is 1. The van der Waals surface area contributed by atoms with E-state index in [4.69, 9.17) is 4.74 Å². The normalized spacial score (nSPS) is 12.9. The van der Waals surface area contributed by atoms with Gasteiger partial charge in [0.15, 0.2) is 0 Å². The first-order chi connectivity index (χ1) is 22.2. The Morgan fingerprint density at radius 2 is 0.911 bits per heavy atom. The molecule has 3 nitrogen and oxygen atoms in total. The van der Waals surface area contributed by atoms with E-state index in [9.17, 15) is 4.79 Å². The molecule has 1 unspecified atom stereocenters. The molecule has 0 fully saturated rings. The van der Waals surface area contributed by atoms with Crippen LogP contribution in [0, 0.1) is 0 Å². The lowest BCUT2D eigenvalue weighted by molar-refractivity contribution is -0.150. The van der Waals surface area contributed by atoms with Crippen molar-refractivity contribution in [1.29, 1.82) is 0 Å². The van der Waals surface area contributed by atoms with Gasteiger partial charge in [-0.1, -0.05) is 146 Å². The van der Waals surface area contributed by atoms with Crippen LogP contribution in [0.3, 0.4) is 0 Å². The van der Waals surface area contributed by atoms with Crippen LogP contribution in [0.15, 0.2) is 48.6 Å². The summed E-state index contributed by atoms with van der Waals surface area (Å²) in [6.07, 6.45) is 52.7. The minimum Gasteiger partial charge on any atom is -0.462 e. The fraction of sp³-hybridized carbons (Fsp3) is 0.786. The van der Waals surface area contributed by atoms with E-state index >= 15 is 0 Å². The summed E-state index contributed by atoms with van der Waals surface area (Å²) in [4.78, 5) is 12.4. The molecule has 1 N–H and O–H groups in total. The number of allylic oxidation sites excluding steroid dienone is 8. The van der Waals surface area contributed by atoms with Gasteiger partial charge < -0.3 is 10.1 Å². The van der Waals surface area contributed by atoms with Crippen molar-refractivity contribution in [1.82, 2.24) is 5.32 Å². The Balaban J connectivity index is 3.93. The van der Waals surface area contributed by atoms with Crippen LogP contribution in [0.25, 0.3) is 0 Å². The molecule has 0 saturated heterocycles. The SMILES string of the molecule is CCCC/C=C\C/C=C\CCCCCCCCCC(CCCCCCCC/C=C\C/C=C\CCCCC)OC(=O)CCCNC. The fourth-order valence-electron chi connectivity index (χ4n) is 5.62. The average molecular weight is 628 g/mol. The van der Waals surface area contributed by atoms with Gasteiger partial charge in [0.1, 0.15) is 6.10 Å². The highest BCUT2D eigenvalue weighted by Gasteiger charge is 2.14. The Kier molecular flexibility index (Phi) is 37.2. The molecule has 0 aromatic carbocycles. The van der Waals surface area contributed by atoms with E-state index in [2.05, 4.69) is 67.8 Å². The molecule has 0 heterocycles. The maximum atomic E-state index is 12.4. The molecule has 0 aliphatic rings. The summed E-state index contributed by atoms with van der Waals surface area (Å²) in [7, 11) is 1.94. The average Bonchev–Trinajstić information content (AvgIpc) is 3.04. The molecule has 0 aromatic heterocycles. The molecule has 0 rings (SSSR count). The van der Waals surface area contributed by atoms with Crippen molar-refractivity contribution >= 4 is 5.97 Å². The van der Waals surface area contributed by atoms with Gasteiger partial charge in [0.2, 0.25) is 0 Å². The van der Waals surface area contributed by atoms with Crippen molar-refractivity contribution < 1.29 is 9.53 Å². The summed E-state index contributed by atoms with van der Waals surface area (Å²) in [6.45, 7) is 5.38. The van der Waals surface area contributed by atoms with Crippen LogP contribution in [0.4, 0.5) is 0 Å². The molecule has 0 spiro atoms. The van der Waals surface area contributed by atoms with E-state index < -0.39 is 0 Å². The summed E-state index contributed by atoms with van der Waals surface area (Å²) in [6, 6.07) is 0.